The summed E-state index contributed by atoms with van der Waals surface area (Å²) < 4.78 is 2.21. The van der Waals surface area contributed by atoms with Gasteiger partial charge in [0, 0.05) is 7.05 Å². The van der Waals surface area contributed by atoms with Crippen LogP contribution in [0.4, 0.5) is 0 Å². The predicted molar refractivity (Wildman–Crippen MR) is 55.9 cm³/mol. The summed E-state index contributed by atoms with van der Waals surface area (Å²) >= 11 is 1.96. The number of aliphatic carboxylic acids is 1. The number of hydrogen-bond acceptors (Lipinski definition) is 3. The number of carbonyl (C=O) groups is 2. The minimum absolute atomic E-state index is 0.384. The van der Waals surface area contributed by atoms with E-state index in [0.29, 0.717) is 9.26 Å². The molecule has 0 saturated heterocycles. The van der Waals surface area contributed by atoms with E-state index in [1.807, 2.05) is 22.6 Å². The van der Waals surface area contributed by atoms with Crippen molar-refractivity contribution < 1.29 is 14.7 Å². The maximum Gasteiger partial charge on any atom is 0.322 e. The van der Waals surface area contributed by atoms with Crippen LogP contribution < -0.4 is 5.32 Å². The third kappa shape index (κ3) is 2.44. The highest BCUT2D eigenvalue weighted by Crippen LogP contribution is 2.09. The molecule has 1 aromatic rings. The van der Waals surface area contributed by atoms with E-state index in [4.69, 9.17) is 5.11 Å². The molecular formula is C7H8IN3O3. The monoisotopic (exact) mass is 309 g/mol. The van der Waals surface area contributed by atoms with Gasteiger partial charge in [-0.05, 0) is 22.6 Å². The van der Waals surface area contributed by atoms with Crippen molar-refractivity contribution >= 4 is 34.5 Å². The Balaban J connectivity index is 2.70. The zero-order valence-electron chi connectivity index (χ0n) is 7.32. The van der Waals surface area contributed by atoms with Gasteiger partial charge in [-0.25, -0.2) is 0 Å². The summed E-state index contributed by atoms with van der Waals surface area (Å²) in [5.41, 5.74) is 0.384. The van der Waals surface area contributed by atoms with Crippen molar-refractivity contribution in [1.82, 2.24) is 15.1 Å². The summed E-state index contributed by atoms with van der Waals surface area (Å²) in [5, 5.41) is 14.5. The molecule has 0 atom stereocenters. The Kier molecular flexibility index (Phi) is 3.44. The minimum atomic E-state index is -1.07. The zero-order valence-corrected chi connectivity index (χ0v) is 9.48. The molecule has 76 valence electrons. The normalized spacial score (nSPS) is 9.86. The summed E-state index contributed by atoms with van der Waals surface area (Å²) in [4.78, 5) is 21.5. The Morgan fingerprint density at radius 2 is 2.36 bits per heavy atom. The summed E-state index contributed by atoms with van der Waals surface area (Å²) in [6.07, 6.45) is 1.40. The van der Waals surface area contributed by atoms with E-state index in [9.17, 15) is 9.59 Å². The van der Waals surface area contributed by atoms with Crippen molar-refractivity contribution in [2.75, 3.05) is 6.54 Å². The number of aromatic nitrogens is 2. The summed E-state index contributed by atoms with van der Waals surface area (Å²) in [7, 11) is 1.70. The summed E-state index contributed by atoms with van der Waals surface area (Å²) in [6, 6.07) is 0. The molecule has 0 radical (unpaired) electrons. The van der Waals surface area contributed by atoms with Gasteiger partial charge in [0.25, 0.3) is 5.91 Å². The lowest BCUT2D eigenvalue weighted by Gasteiger charge is -1.99. The fourth-order valence-corrected chi connectivity index (χ4v) is 1.33. The number of rotatable bonds is 3. The van der Waals surface area contributed by atoms with Gasteiger partial charge in [0.15, 0.2) is 0 Å². The fraction of sp³-hybridized carbons (Fsp3) is 0.286. The van der Waals surface area contributed by atoms with Crippen LogP contribution in [0.15, 0.2) is 6.20 Å². The average Bonchev–Trinajstić information content (AvgIpc) is 2.44. The first kappa shape index (κ1) is 11.0. The summed E-state index contributed by atoms with van der Waals surface area (Å²) in [5.74, 6) is -1.50. The third-order valence-corrected chi connectivity index (χ3v) is 2.79. The van der Waals surface area contributed by atoms with Crippen molar-refractivity contribution in [2.24, 2.45) is 7.05 Å². The molecule has 0 aliphatic carbocycles. The van der Waals surface area contributed by atoms with E-state index >= 15 is 0 Å². The topological polar surface area (TPSA) is 84.2 Å². The number of carbonyl (C=O) groups excluding carboxylic acids is 1. The molecule has 0 fully saturated rings. The highest BCUT2D eigenvalue weighted by molar-refractivity contribution is 14.1. The lowest BCUT2D eigenvalue weighted by Crippen LogP contribution is -2.29. The van der Waals surface area contributed by atoms with E-state index < -0.39 is 11.9 Å². The van der Waals surface area contributed by atoms with Gasteiger partial charge in [-0.2, -0.15) is 5.10 Å². The lowest BCUT2D eigenvalue weighted by atomic mass is 10.3. The first-order valence-corrected chi connectivity index (χ1v) is 4.77. The Bertz CT molecular complexity index is 374. The molecule has 14 heavy (non-hydrogen) atoms. The van der Waals surface area contributed by atoms with Crippen molar-refractivity contribution in [1.29, 1.82) is 0 Å². The summed E-state index contributed by atoms with van der Waals surface area (Å²) in [6.45, 7) is -0.385. The lowest BCUT2D eigenvalue weighted by molar-refractivity contribution is -0.135. The van der Waals surface area contributed by atoms with Crippen molar-refractivity contribution in [2.45, 2.75) is 0 Å². The van der Waals surface area contributed by atoms with E-state index in [0.717, 1.165) is 0 Å². The average molecular weight is 309 g/mol. The molecule has 0 aromatic carbocycles. The van der Waals surface area contributed by atoms with Crippen LogP contribution in [-0.4, -0.2) is 33.3 Å². The minimum Gasteiger partial charge on any atom is -0.480 e. The maximum absolute atomic E-state index is 11.4. The van der Waals surface area contributed by atoms with Crippen LogP contribution in [0.3, 0.4) is 0 Å². The molecule has 1 amide bonds. The van der Waals surface area contributed by atoms with E-state index in [-0.39, 0.29) is 6.54 Å². The zero-order chi connectivity index (χ0) is 10.7. The number of hydrogen-bond donors (Lipinski definition) is 2. The fourth-order valence-electron chi connectivity index (χ4n) is 0.826. The number of nitrogens with one attached hydrogen (secondary N) is 1. The number of aryl methyl sites for hydroxylation is 1. The van der Waals surface area contributed by atoms with Gasteiger partial charge >= 0.3 is 5.97 Å². The Morgan fingerprint density at radius 3 is 2.79 bits per heavy atom. The molecule has 6 nitrogen and oxygen atoms in total. The van der Waals surface area contributed by atoms with Gasteiger partial charge in [-0.3, -0.25) is 14.3 Å². The first-order valence-electron chi connectivity index (χ1n) is 3.70. The molecule has 1 heterocycles. The van der Waals surface area contributed by atoms with Crippen molar-refractivity contribution in [3.8, 4) is 0 Å². The van der Waals surface area contributed by atoms with E-state index in [1.54, 1.807) is 7.05 Å². The molecule has 0 bridgehead atoms. The van der Waals surface area contributed by atoms with Crippen LogP contribution in [0.1, 0.15) is 10.4 Å². The Labute approximate surface area is 93.4 Å². The van der Waals surface area contributed by atoms with Gasteiger partial charge in [0.2, 0.25) is 0 Å². The molecule has 0 saturated carbocycles. The van der Waals surface area contributed by atoms with E-state index in [2.05, 4.69) is 10.4 Å². The molecule has 0 spiro atoms. The second-order valence-corrected chi connectivity index (χ2v) is 3.57. The van der Waals surface area contributed by atoms with Gasteiger partial charge in [-0.15, -0.1) is 0 Å². The number of carboxylic acid groups (broad SMARTS) is 1. The van der Waals surface area contributed by atoms with Crippen molar-refractivity contribution in [3.63, 3.8) is 0 Å². The SMILES string of the molecule is Cn1ncc(C(=O)NCC(=O)O)c1I. The van der Waals surface area contributed by atoms with Gasteiger partial charge in [0.1, 0.15) is 10.2 Å². The largest absolute Gasteiger partial charge is 0.480 e. The second-order valence-electron chi connectivity index (χ2n) is 2.55. The number of carboxylic acids is 1. The van der Waals surface area contributed by atoms with Crippen LogP contribution in [0.2, 0.25) is 0 Å². The van der Waals surface area contributed by atoms with Gasteiger partial charge < -0.3 is 10.4 Å². The maximum atomic E-state index is 11.4. The van der Waals surface area contributed by atoms with E-state index in [1.165, 1.54) is 10.9 Å². The molecule has 1 aromatic heterocycles. The van der Waals surface area contributed by atoms with Crippen LogP contribution in [0.25, 0.3) is 0 Å². The van der Waals surface area contributed by atoms with Gasteiger partial charge in [0.05, 0.1) is 11.8 Å². The van der Waals surface area contributed by atoms with Crippen LogP contribution in [0, 0.1) is 3.70 Å². The number of amides is 1. The molecule has 0 unspecified atom stereocenters. The standard InChI is InChI=1S/C7H8IN3O3/c1-11-6(8)4(2-10-11)7(14)9-3-5(12)13/h2H,3H2,1H3,(H,9,14)(H,12,13). The van der Waals surface area contributed by atoms with Crippen LogP contribution in [0.5, 0.6) is 0 Å². The number of nitrogens with zero attached hydrogens (tertiary/aromatic N) is 2. The second kappa shape index (κ2) is 4.40. The first-order chi connectivity index (χ1) is 6.52. The highest BCUT2D eigenvalue weighted by Gasteiger charge is 2.13. The van der Waals surface area contributed by atoms with Crippen LogP contribution >= 0.6 is 22.6 Å². The quantitative estimate of drug-likeness (QED) is 0.760. The molecule has 0 aliphatic rings. The highest BCUT2D eigenvalue weighted by atomic mass is 127. The third-order valence-electron chi connectivity index (χ3n) is 1.51. The molecular weight excluding hydrogens is 301 g/mol. The Hall–Kier alpha value is -1.12. The smallest absolute Gasteiger partial charge is 0.322 e. The molecule has 7 heteroatoms. The Morgan fingerprint density at radius 1 is 1.71 bits per heavy atom. The molecule has 1 rings (SSSR count). The molecule has 2 N–H and O–H groups in total. The van der Waals surface area contributed by atoms with Crippen LogP contribution in [-0.2, 0) is 11.8 Å². The number of halogens is 1. The predicted octanol–water partition coefficient (Wildman–Crippen LogP) is -0.161. The van der Waals surface area contributed by atoms with Crippen molar-refractivity contribution in [3.05, 3.63) is 15.5 Å². The van der Waals surface area contributed by atoms with Gasteiger partial charge in [-0.1, -0.05) is 0 Å². The molecule has 0 aliphatic heterocycles.